The van der Waals surface area contributed by atoms with Crippen LogP contribution in [0.25, 0.3) is 0 Å². The van der Waals surface area contributed by atoms with E-state index in [4.69, 9.17) is 0 Å². The molecule has 2 rings (SSSR count). The summed E-state index contributed by atoms with van der Waals surface area (Å²) in [5.41, 5.74) is 0. The van der Waals surface area contributed by atoms with Crippen molar-refractivity contribution in [2.45, 2.75) is 38.7 Å². The van der Waals surface area contributed by atoms with Crippen molar-refractivity contribution in [2.75, 3.05) is 23.7 Å². The highest BCUT2D eigenvalue weighted by Crippen LogP contribution is 2.24. The van der Waals surface area contributed by atoms with E-state index in [1.54, 1.807) is 0 Å². The van der Waals surface area contributed by atoms with Gasteiger partial charge < -0.3 is 15.7 Å². The fourth-order valence-corrected chi connectivity index (χ4v) is 2.51. The fourth-order valence-electron chi connectivity index (χ4n) is 2.51. The van der Waals surface area contributed by atoms with Gasteiger partial charge in [0.2, 0.25) is 0 Å². The monoisotopic (exact) mass is 249 g/mol. The number of hydrogen-bond donors (Lipinski definition) is 3. The number of aliphatic hydroxyl groups excluding tert-OH is 1. The van der Waals surface area contributed by atoms with Crippen molar-refractivity contribution in [3.05, 3.63) is 18.2 Å². The normalized spacial score (nSPS) is 23.7. The standard InChI is InChI=1S/C14H23N3O/c1-2-15-13-7-4-8-14(17-13)16-10-11-5-3-6-12(18)9-11/h4,7-8,11-12,18H,2-3,5-6,9-10H2,1H3,(H2,15,16,17). The highest BCUT2D eigenvalue weighted by molar-refractivity contribution is 5.44. The smallest absolute Gasteiger partial charge is 0.128 e. The molecule has 0 amide bonds. The Kier molecular flexibility index (Phi) is 4.81. The lowest BCUT2D eigenvalue weighted by atomic mass is 9.87. The van der Waals surface area contributed by atoms with Crippen molar-refractivity contribution in [2.24, 2.45) is 5.92 Å². The minimum atomic E-state index is -0.105. The predicted octanol–water partition coefficient (Wildman–Crippen LogP) is 2.48. The number of aromatic nitrogens is 1. The van der Waals surface area contributed by atoms with E-state index in [1.165, 1.54) is 6.42 Å². The van der Waals surface area contributed by atoms with Crippen LogP contribution in [0.2, 0.25) is 0 Å². The summed E-state index contributed by atoms with van der Waals surface area (Å²) in [6.07, 6.45) is 4.12. The average Bonchev–Trinajstić information content (AvgIpc) is 2.37. The highest BCUT2D eigenvalue weighted by Gasteiger charge is 2.19. The van der Waals surface area contributed by atoms with Gasteiger partial charge in [0.25, 0.3) is 0 Å². The van der Waals surface area contributed by atoms with E-state index in [1.807, 2.05) is 18.2 Å². The summed E-state index contributed by atoms with van der Waals surface area (Å²) in [7, 11) is 0. The molecule has 1 fully saturated rings. The van der Waals surface area contributed by atoms with Gasteiger partial charge in [-0.3, -0.25) is 0 Å². The molecular weight excluding hydrogens is 226 g/mol. The van der Waals surface area contributed by atoms with Crippen molar-refractivity contribution in [3.63, 3.8) is 0 Å². The lowest BCUT2D eigenvalue weighted by molar-refractivity contribution is 0.104. The molecule has 0 spiro atoms. The Hall–Kier alpha value is -1.29. The van der Waals surface area contributed by atoms with Crippen LogP contribution in [0.1, 0.15) is 32.6 Å². The summed E-state index contributed by atoms with van der Waals surface area (Å²) in [5.74, 6) is 2.39. The van der Waals surface area contributed by atoms with Crippen molar-refractivity contribution in [1.29, 1.82) is 0 Å². The quantitative estimate of drug-likeness (QED) is 0.750. The second kappa shape index (κ2) is 6.59. The Balaban J connectivity index is 1.83. The van der Waals surface area contributed by atoms with Gasteiger partial charge in [0.05, 0.1) is 6.10 Å². The molecule has 18 heavy (non-hydrogen) atoms. The van der Waals surface area contributed by atoms with Crippen LogP contribution in [0, 0.1) is 5.92 Å². The molecular formula is C14H23N3O. The van der Waals surface area contributed by atoms with E-state index in [0.29, 0.717) is 5.92 Å². The molecule has 2 atom stereocenters. The number of aliphatic hydroxyl groups is 1. The van der Waals surface area contributed by atoms with Gasteiger partial charge in [-0.15, -0.1) is 0 Å². The predicted molar refractivity (Wildman–Crippen MR) is 74.9 cm³/mol. The molecule has 3 N–H and O–H groups in total. The summed E-state index contributed by atoms with van der Waals surface area (Å²) >= 11 is 0. The third-order valence-corrected chi connectivity index (χ3v) is 3.43. The van der Waals surface area contributed by atoms with E-state index in [9.17, 15) is 5.11 Å². The van der Waals surface area contributed by atoms with Crippen molar-refractivity contribution in [1.82, 2.24) is 4.98 Å². The zero-order valence-corrected chi connectivity index (χ0v) is 11.0. The first-order valence-electron chi connectivity index (χ1n) is 6.90. The number of anilines is 2. The number of pyridine rings is 1. The molecule has 1 aliphatic rings. The van der Waals surface area contributed by atoms with Crippen LogP contribution in [0.5, 0.6) is 0 Å². The Labute approximate surface area is 109 Å². The summed E-state index contributed by atoms with van der Waals surface area (Å²) in [6, 6.07) is 5.96. The van der Waals surface area contributed by atoms with Crippen LogP contribution >= 0.6 is 0 Å². The second-order valence-electron chi connectivity index (χ2n) is 5.01. The van der Waals surface area contributed by atoms with Gasteiger partial charge in [0.15, 0.2) is 0 Å². The van der Waals surface area contributed by atoms with E-state index in [2.05, 4.69) is 22.5 Å². The summed E-state index contributed by atoms with van der Waals surface area (Å²) in [4.78, 5) is 4.48. The van der Waals surface area contributed by atoms with Gasteiger partial charge >= 0.3 is 0 Å². The maximum atomic E-state index is 9.64. The topological polar surface area (TPSA) is 57.2 Å². The Morgan fingerprint density at radius 3 is 2.78 bits per heavy atom. The molecule has 1 saturated carbocycles. The summed E-state index contributed by atoms with van der Waals surface area (Å²) in [6.45, 7) is 3.84. The molecule has 0 aromatic carbocycles. The maximum absolute atomic E-state index is 9.64. The first-order valence-corrected chi connectivity index (χ1v) is 6.90. The first-order chi connectivity index (χ1) is 8.78. The summed E-state index contributed by atoms with van der Waals surface area (Å²) < 4.78 is 0. The van der Waals surface area contributed by atoms with Gasteiger partial charge in [-0.25, -0.2) is 4.98 Å². The largest absolute Gasteiger partial charge is 0.393 e. The van der Waals surface area contributed by atoms with Gasteiger partial charge in [0.1, 0.15) is 11.6 Å². The number of nitrogens with zero attached hydrogens (tertiary/aromatic N) is 1. The molecule has 4 heteroatoms. The van der Waals surface area contributed by atoms with Crippen LogP contribution in [0.3, 0.4) is 0 Å². The van der Waals surface area contributed by atoms with Crippen molar-refractivity contribution in [3.8, 4) is 0 Å². The van der Waals surface area contributed by atoms with E-state index in [-0.39, 0.29) is 6.10 Å². The maximum Gasteiger partial charge on any atom is 0.128 e. The van der Waals surface area contributed by atoms with Crippen LogP contribution < -0.4 is 10.6 Å². The summed E-state index contributed by atoms with van der Waals surface area (Å²) in [5, 5.41) is 16.2. The Bertz CT molecular complexity index is 370. The zero-order chi connectivity index (χ0) is 12.8. The molecule has 0 radical (unpaired) electrons. The van der Waals surface area contributed by atoms with Crippen LogP contribution in [-0.4, -0.2) is 29.3 Å². The van der Waals surface area contributed by atoms with E-state index in [0.717, 1.165) is 44.0 Å². The number of rotatable bonds is 5. The minimum absolute atomic E-state index is 0.105. The molecule has 1 aliphatic carbocycles. The van der Waals surface area contributed by atoms with E-state index < -0.39 is 0 Å². The van der Waals surface area contributed by atoms with Gasteiger partial charge in [0, 0.05) is 13.1 Å². The molecule has 4 nitrogen and oxygen atoms in total. The molecule has 2 unspecified atom stereocenters. The van der Waals surface area contributed by atoms with Gasteiger partial charge in [-0.05, 0) is 44.2 Å². The minimum Gasteiger partial charge on any atom is -0.393 e. The molecule has 0 saturated heterocycles. The van der Waals surface area contributed by atoms with E-state index >= 15 is 0 Å². The molecule has 100 valence electrons. The van der Waals surface area contributed by atoms with Gasteiger partial charge in [-0.1, -0.05) is 12.5 Å². The van der Waals surface area contributed by atoms with Crippen molar-refractivity contribution >= 4 is 11.6 Å². The van der Waals surface area contributed by atoms with Crippen LogP contribution in [0.4, 0.5) is 11.6 Å². The fraction of sp³-hybridized carbons (Fsp3) is 0.643. The molecule has 1 aromatic heterocycles. The van der Waals surface area contributed by atoms with Crippen LogP contribution in [0.15, 0.2) is 18.2 Å². The van der Waals surface area contributed by atoms with Crippen molar-refractivity contribution < 1.29 is 5.11 Å². The zero-order valence-electron chi connectivity index (χ0n) is 11.0. The first kappa shape index (κ1) is 13.1. The van der Waals surface area contributed by atoms with Crippen LogP contribution in [-0.2, 0) is 0 Å². The third-order valence-electron chi connectivity index (χ3n) is 3.43. The lowest BCUT2D eigenvalue weighted by Crippen LogP contribution is -2.25. The Morgan fingerprint density at radius 1 is 1.28 bits per heavy atom. The number of hydrogen-bond acceptors (Lipinski definition) is 4. The molecule has 0 aliphatic heterocycles. The molecule has 1 heterocycles. The number of nitrogens with one attached hydrogen (secondary N) is 2. The Morgan fingerprint density at radius 2 is 2.06 bits per heavy atom. The SMILES string of the molecule is CCNc1cccc(NCC2CCCC(O)C2)n1. The highest BCUT2D eigenvalue weighted by atomic mass is 16.3. The lowest BCUT2D eigenvalue weighted by Gasteiger charge is -2.26. The average molecular weight is 249 g/mol. The third kappa shape index (κ3) is 3.88. The second-order valence-corrected chi connectivity index (χ2v) is 5.01. The van der Waals surface area contributed by atoms with Gasteiger partial charge in [-0.2, -0.15) is 0 Å². The molecule has 1 aromatic rings. The molecule has 0 bridgehead atoms.